The molecule has 1 atom stereocenters. The minimum Gasteiger partial charge on any atom is -0.462 e. The summed E-state index contributed by atoms with van der Waals surface area (Å²) < 4.78 is 16.8. The Hall–Kier alpha value is -1.59. The van der Waals surface area contributed by atoms with Crippen LogP contribution >= 0.6 is 0 Å². The fraction of sp³-hybridized carbons (Fsp3) is 0.941. The van der Waals surface area contributed by atoms with Gasteiger partial charge in [-0.2, -0.15) is 0 Å². The maximum atomic E-state index is 12.7. The highest BCUT2D eigenvalue weighted by Crippen LogP contribution is 2.17. The largest absolute Gasteiger partial charge is 0.462 e. The molecular weight excluding hydrogens is 709 g/mol. The van der Waals surface area contributed by atoms with Gasteiger partial charge < -0.3 is 14.2 Å². The summed E-state index contributed by atoms with van der Waals surface area (Å²) in [7, 11) is 0. The van der Waals surface area contributed by atoms with Gasteiger partial charge in [-0.15, -0.1) is 0 Å². The van der Waals surface area contributed by atoms with E-state index < -0.39 is 6.10 Å². The van der Waals surface area contributed by atoms with Crippen LogP contribution in [0, 0.1) is 11.8 Å². The van der Waals surface area contributed by atoms with Crippen molar-refractivity contribution in [1.82, 2.24) is 0 Å². The molecule has 0 rings (SSSR count). The van der Waals surface area contributed by atoms with Gasteiger partial charge in [0.25, 0.3) is 0 Å². The first-order chi connectivity index (χ1) is 27.7. The quantitative estimate of drug-likeness (QED) is 0.0346. The minimum absolute atomic E-state index is 0.0648. The third kappa shape index (κ3) is 45.3. The van der Waals surface area contributed by atoms with E-state index in [1.807, 2.05) is 0 Å². The zero-order valence-corrected chi connectivity index (χ0v) is 39.0. The Bertz CT molecular complexity index is 870. The van der Waals surface area contributed by atoms with E-state index in [1.165, 1.54) is 167 Å². The van der Waals surface area contributed by atoms with Gasteiger partial charge in [0.2, 0.25) is 0 Å². The number of hydrogen-bond donors (Lipinski definition) is 0. The summed E-state index contributed by atoms with van der Waals surface area (Å²) in [5, 5.41) is 0. The van der Waals surface area contributed by atoms with Crippen LogP contribution in [0.5, 0.6) is 0 Å². The Morgan fingerprint density at radius 3 is 0.860 bits per heavy atom. The molecule has 0 fully saturated rings. The topological polar surface area (TPSA) is 78.9 Å². The van der Waals surface area contributed by atoms with Crippen molar-refractivity contribution >= 4 is 17.9 Å². The Kier molecular flexibility index (Phi) is 42.7. The Morgan fingerprint density at radius 1 is 0.333 bits per heavy atom. The summed E-state index contributed by atoms with van der Waals surface area (Å²) in [6.45, 7) is 11.3. The summed E-state index contributed by atoms with van der Waals surface area (Å²) in [5.41, 5.74) is 0. The van der Waals surface area contributed by atoms with Gasteiger partial charge >= 0.3 is 17.9 Å². The first kappa shape index (κ1) is 55.4. The summed E-state index contributed by atoms with van der Waals surface area (Å²) in [4.78, 5) is 37.8. The normalized spacial score (nSPS) is 12.1. The van der Waals surface area contributed by atoms with Gasteiger partial charge in [0, 0.05) is 19.3 Å². The van der Waals surface area contributed by atoms with Crippen LogP contribution in [0.25, 0.3) is 0 Å². The van der Waals surface area contributed by atoms with Crippen molar-refractivity contribution in [2.45, 2.75) is 285 Å². The molecule has 0 amide bonds. The van der Waals surface area contributed by atoms with Crippen molar-refractivity contribution in [2.24, 2.45) is 11.8 Å². The summed E-state index contributed by atoms with van der Waals surface area (Å²) in [6.07, 6.45) is 43.9. The third-order valence-electron chi connectivity index (χ3n) is 11.5. The van der Waals surface area contributed by atoms with Crippen LogP contribution in [0.4, 0.5) is 0 Å². The zero-order valence-electron chi connectivity index (χ0n) is 39.0. The molecule has 0 saturated heterocycles. The van der Waals surface area contributed by atoms with E-state index in [-0.39, 0.29) is 31.1 Å². The first-order valence-electron chi connectivity index (χ1n) is 25.2. The molecule has 0 heterocycles. The van der Waals surface area contributed by atoms with E-state index in [0.29, 0.717) is 19.3 Å². The Balaban J connectivity index is 4.26. The van der Waals surface area contributed by atoms with Crippen LogP contribution in [0.1, 0.15) is 279 Å². The monoisotopic (exact) mass is 807 g/mol. The molecule has 0 aliphatic rings. The average Bonchev–Trinajstić information content (AvgIpc) is 3.18. The molecule has 0 aromatic heterocycles. The maximum absolute atomic E-state index is 12.7. The van der Waals surface area contributed by atoms with E-state index in [2.05, 4.69) is 34.6 Å². The highest BCUT2D eigenvalue weighted by atomic mass is 16.6. The number of rotatable bonds is 45. The fourth-order valence-electron chi connectivity index (χ4n) is 7.64. The molecule has 338 valence electrons. The van der Waals surface area contributed by atoms with Crippen LogP contribution in [-0.2, 0) is 28.6 Å². The van der Waals surface area contributed by atoms with E-state index >= 15 is 0 Å². The van der Waals surface area contributed by atoms with E-state index in [1.54, 1.807) is 0 Å². The molecule has 0 aromatic carbocycles. The number of ether oxygens (including phenoxy) is 3. The smallest absolute Gasteiger partial charge is 0.306 e. The van der Waals surface area contributed by atoms with Gasteiger partial charge in [-0.25, -0.2) is 0 Å². The molecular formula is C51H98O6. The van der Waals surface area contributed by atoms with Crippen molar-refractivity contribution in [3.63, 3.8) is 0 Å². The molecule has 0 aliphatic carbocycles. The van der Waals surface area contributed by atoms with Gasteiger partial charge in [-0.05, 0) is 31.1 Å². The molecule has 0 N–H and O–H groups in total. The molecule has 0 unspecified atom stereocenters. The molecule has 6 heteroatoms. The van der Waals surface area contributed by atoms with Gasteiger partial charge in [0.05, 0.1) is 0 Å². The lowest BCUT2D eigenvalue weighted by Gasteiger charge is -2.18. The highest BCUT2D eigenvalue weighted by Gasteiger charge is 2.19. The predicted octanol–water partition coefficient (Wildman–Crippen LogP) is 16.1. The van der Waals surface area contributed by atoms with Gasteiger partial charge in [0.15, 0.2) is 6.10 Å². The first-order valence-corrected chi connectivity index (χ1v) is 25.2. The molecule has 0 saturated carbocycles. The molecule has 6 nitrogen and oxygen atoms in total. The minimum atomic E-state index is -0.762. The van der Waals surface area contributed by atoms with Crippen molar-refractivity contribution in [3.8, 4) is 0 Å². The molecule has 57 heavy (non-hydrogen) atoms. The van der Waals surface area contributed by atoms with Crippen LogP contribution < -0.4 is 0 Å². The van der Waals surface area contributed by atoms with E-state index in [0.717, 1.165) is 69.6 Å². The standard InChI is InChI=1S/C51H98O6/c1-6-7-8-9-10-11-12-13-14-15-16-17-18-21-26-31-36-41-49(52)55-44-48(57-51(54)43-38-33-28-23-25-30-35-40-47(4)5)45-56-50(53)42-37-32-27-22-19-20-24-29-34-39-46(2)3/h46-48H,6-45H2,1-5H3/t48-/m0/s1. The lowest BCUT2D eigenvalue weighted by molar-refractivity contribution is -0.167. The zero-order chi connectivity index (χ0) is 41.9. The lowest BCUT2D eigenvalue weighted by Crippen LogP contribution is -2.30. The molecule has 0 spiro atoms. The summed E-state index contributed by atoms with van der Waals surface area (Å²) in [6, 6.07) is 0. The number of carbonyl (C=O) groups excluding carboxylic acids is 3. The Morgan fingerprint density at radius 2 is 0.579 bits per heavy atom. The van der Waals surface area contributed by atoms with E-state index in [4.69, 9.17) is 14.2 Å². The van der Waals surface area contributed by atoms with E-state index in [9.17, 15) is 14.4 Å². The highest BCUT2D eigenvalue weighted by molar-refractivity contribution is 5.71. The van der Waals surface area contributed by atoms with Crippen LogP contribution in [0.2, 0.25) is 0 Å². The number of carbonyl (C=O) groups is 3. The van der Waals surface area contributed by atoms with Crippen LogP contribution in [-0.4, -0.2) is 37.2 Å². The van der Waals surface area contributed by atoms with Crippen molar-refractivity contribution in [1.29, 1.82) is 0 Å². The second-order valence-electron chi connectivity index (χ2n) is 18.4. The summed E-state index contributed by atoms with van der Waals surface area (Å²) in [5.74, 6) is 0.732. The maximum Gasteiger partial charge on any atom is 0.306 e. The van der Waals surface area contributed by atoms with Gasteiger partial charge in [-0.1, -0.05) is 240 Å². The predicted molar refractivity (Wildman–Crippen MR) is 243 cm³/mol. The second kappa shape index (κ2) is 44.0. The van der Waals surface area contributed by atoms with Crippen LogP contribution in [0.3, 0.4) is 0 Å². The number of unbranched alkanes of at least 4 members (excludes halogenated alkanes) is 30. The van der Waals surface area contributed by atoms with Crippen molar-refractivity contribution < 1.29 is 28.6 Å². The van der Waals surface area contributed by atoms with Gasteiger partial charge in [-0.3, -0.25) is 14.4 Å². The molecule has 0 aromatic rings. The average molecular weight is 807 g/mol. The number of hydrogen-bond acceptors (Lipinski definition) is 6. The second-order valence-corrected chi connectivity index (χ2v) is 18.4. The third-order valence-corrected chi connectivity index (χ3v) is 11.5. The van der Waals surface area contributed by atoms with Gasteiger partial charge in [0.1, 0.15) is 13.2 Å². The summed E-state index contributed by atoms with van der Waals surface area (Å²) >= 11 is 0. The Labute approximate surface area is 355 Å². The SMILES string of the molecule is CCCCCCCCCCCCCCCCCCCC(=O)OC[C@@H](COC(=O)CCCCCCCCCCCC(C)C)OC(=O)CCCCCCCCCC(C)C. The number of esters is 3. The molecule has 0 aliphatic heterocycles. The lowest BCUT2D eigenvalue weighted by atomic mass is 10.0. The van der Waals surface area contributed by atoms with Crippen LogP contribution in [0.15, 0.2) is 0 Å². The van der Waals surface area contributed by atoms with Crippen molar-refractivity contribution in [3.05, 3.63) is 0 Å². The van der Waals surface area contributed by atoms with Crippen molar-refractivity contribution in [2.75, 3.05) is 13.2 Å². The molecule has 0 radical (unpaired) electrons. The molecule has 0 bridgehead atoms. The fourth-order valence-corrected chi connectivity index (χ4v) is 7.64.